The average molecular weight is 827 g/mol. The first kappa shape index (κ1) is 28.0. The molecule has 0 atom stereocenters. The van der Waals surface area contributed by atoms with Crippen LogP contribution in [0, 0.1) is 0 Å². The third kappa shape index (κ3) is 5.75. The molecule has 0 aliphatic carbocycles. The summed E-state index contributed by atoms with van der Waals surface area (Å²) in [6.45, 7) is 0. The fraction of sp³-hybridized carbons (Fsp3) is 0. The van der Waals surface area contributed by atoms with Gasteiger partial charge in [0.15, 0.2) is 17.5 Å². The van der Waals surface area contributed by atoms with Crippen LogP contribution in [0.5, 0.6) is 0 Å². The van der Waals surface area contributed by atoms with Gasteiger partial charge in [0.25, 0.3) is 0 Å². The van der Waals surface area contributed by atoms with Crippen molar-refractivity contribution in [3.63, 3.8) is 0 Å². The van der Waals surface area contributed by atoms with Gasteiger partial charge in [-0.1, -0.05) is 176 Å². The highest BCUT2D eigenvalue weighted by Crippen LogP contribution is 2.44. The lowest BCUT2D eigenvalue weighted by Gasteiger charge is -2.15. The van der Waals surface area contributed by atoms with E-state index in [4.69, 9.17) is 33.4 Å². The molecule has 0 bridgehead atoms. The summed E-state index contributed by atoms with van der Waals surface area (Å²) < 4.78 is 93.3. The number of aromatic nitrogens is 3. The molecule has 0 N–H and O–H groups in total. The Morgan fingerprint density at radius 3 is 1.80 bits per heavy atom. The summed E-state index contributed by atoms with van der Waals surface area (Å²) >= 11 is 0. The fourth-order valence-corrected chi connectivity index (χ4v) is 9.00. The van der Waals surface area contributed by atoms with Crippen LogP contribution >= 0.6 is 0 Å². The predicted octanol–water partition coefficient (Wildman–Crippen LogP) is 16.0. The van der Waals surface area contributed by atoms with Gasteiger partial charge >= 0.3 is 0 Å². The molecule has 0 radical (unpaired) electrons. The summed E-state index contributed by atoms with van der Waals surface area (Å²) in [5.74, 6) is 0.328. The fourth-order valence-electron chi connectivity index (χ4n) is 9.00. The van der Waals surface area contributed by atoms with E-state index in [0.717, 1.165) is 44.0 Å². The minimum atomic E-state index is -0.528. The molecule has 0 aliphatic rings. The van der Waals surface area contributed by atoms with Crippen molar-refractivity contribution in [3.05, 3.63) is 212 Å². The van der Waals surface area contributed by atoms with E-state index in [2.05, 4.69) is 6.07 Å². The van der Waals surface area contributed by atoms with Crippen LogP contribution in [0.25, 0.3) is 133 Å². The van der Waals surface area contributed by atoms with E-state index in [9.17, 15) is 2.74 Å². The predicted molar refractivity (Wildman–Crippen MR) is 262 cm³/mol. The number of hydrogen-bond acceptors (Lipinski definition) is 5. The molecular weight excluding hydrogens is 783 g/mol. The highest BCUT2D eigenvalue weighted by Gasteiger charge is 2.22. The number of furan rings is 2. The Morgan fingerprint density at radius 1 is 0.328 bits per heavy atom. The summed E-state index contributed by atoms with van der Waals surface area (Å²) in [6.07, 6.45) is 0. The van der Waals surface area contributed by atoms with Crippen molar-refractivity contribution in [3.8, 4) is 67.5 Å². The quantitative estimate of drug-likeness (QED) is 0.167. The van der Waals surface area contributed by atoms with Gasteiger partial charge in [0.05, 0.1) is 17.9 Å². The zero-order chi connectivity index (χ0) is 50.0. The van der Waals surface area contributed by atoms with Gasteiger partial charge < -0.3 is 8.83 Å². The average Bonchev–Trinajstić information content (AvgIpc) is 4.00. The minimum Gasteiger partial charge on any atom is -0.455 e. The van der Waals surface area contributed by atoms with E-state index in [1.54, 1.807) is 24.3 Å². The molecule has 13 rings (SSSR count). The molecule has 0 unspecified atom stereocenters. The van der Waals surface area contributed by atoms with Crippen molar-refractivity contribution < 1.29 is 21.2 Å². The lowest BCUT2D eigenvalue weighted by atomic mass is 9.92. The van der Waals surface area contributed by atoms with Gasteiger partial charge in [-0.25, -0.2) is 15.0 Å². The first-order valence-electron chi connectivity index (χ1n) is 25.3. The molecule has 3 aromatic heterocycles. The molecule has 0 spiro atoms. The van der Waals surface area contributed by atoms with Crippen molar-refractivity contribution in [1.82, 2.24) is 15.0 Å². The van der Waals surface area contributed by atoms with Crippen molar-refractivity contribution in [2.75, 3.05) is 0 Å². The largest absolute Gasteiger partial charge is 0.455 e. The third-order valence-electron chi connectivity index (χ3n) is 11.9. The normalized spacial score (nSPS) is 13.7. The van der Waals surface area contributed by atoms with Gasteiger partial charge in [-0.05, 0) is 85.7 Å². The topological polar surface area (TPSA) is 65.0 Å². The zero-order valence-corrected chi connectivity index (χ0v) is 33.7. The molecule has 0 fully saturated rings. The summed E-state index contributed by atoms with van der Waals surface area (Å²) in [5, 5.41) is 4.65. The molecule has 0 amide bonds. The SMILES string of the molecule is [2H]c1cc(-c2ccccc2)c2oc3ccc([2H])c(-c4ccc(-c5nc(-c6cc(-c7ccccc7)c7ccccc7c6)nc(-c6c([2H])c([2H])c([2H])c7c6oc6c([2H])c([2H])c([2H])c([2H])c67)n5)c5ccccc45)c3c2c1. The number of rotatable bonds is 6. The second-order valence-electron chi connectivity index (χ2n) is 15.6. The molecule has 0 aliphatic heterocycles. The molecule has 5 nitrogen and oxygen atoms in total. The second kappa shape index (κ2) is 14.5. The van der Waals surface area contributed by atoms with Crippen LogP contribution in [0.2, 0.25) is 0 Å². The van der Waals surface area contributed by atoms with E-state index in [1.807, 2.05) is 127 Å². The van der Waals surface area contributed by atoms with Gasteiger partial charge in [0, 0.05) is 38.2 Å². The van der Waals surface area contributed by atoms with Crippen LogP contribution in [0.4, 0.5) is 0 Å². The van der Waals surface area contributed by atoms with Crippen LogP contribution in [0.1, 0.15) is 12.3 Å². The van der Waals surface area contributed by atoms with Crippen molar-refractivity contribution >= 4 is 65.4 Å². The Bertz CT molecular complexity index is 4500. The second-order valence-corrected chi connectivity index (χ2v) is 15.6. The van der Waals surface area contributed by atoms with Gasteiger partial charge in [-0.15, -0.1) is 0 Å². The summed E-state index contributed by atoms with van der Waals surface area (Å²) in [4.78, 5) is 15.4. The van der Waals surface area contributed by atoms with Gasteiger partial charge in [0.1, 0.15) is 22.3 Å². The maximum Gasteiger partial charge on any atom is 0.167 e. The number of para-hydroxylation sites is 3. The maximum atomic E-state index is 9.44. The Kier molecular flexibility index (Phi) is 6.34. The Balaban J connectivity index is 1.10. The molecule has 3 heterocycles. The highest BCUT2D eigenvalue weighted by molar-refractivity contribution is 6.18. The van der Waals surface area contributed by atoms with Crippen LogP contribution in [0.15, 0.2) is 221 Å². The van der Waals surface area contributed by atoms with Crippen LogP contribution in [-0.4, -0.2) is 15.0 Å². The Labute approximate surface area is 380 Å². The maximum absolute atomic E-state index is 9.44. The Morgan fingerprint density at radius 2 is 0.969 bits per heavy atom. The van der Waals surface area contributed by atoms with Crippen molar-refractivity contribution in [2.45, 2.75) is 0 Å². The van der Waals surface area contributed by atoms with E-state index in [-0.39, 0.29) is 51.0 Å². The zero-order valence-electron chi connectivity index (χ0n) is 42.7. The summed E-state index contributed by atoms with van der Waals surface area (Å²) in [6, 6.07) is 47.6. The van der Waals surface area contributed by atoms with Crippen LogP contribution < -0.4 is 0 Å². The molecule has 0 saturated carbocycles. The Hall–Kier alpha value is -8.67. The first-order valence-corrected chi connectivity index (χ1v) is 20.8. The number of benzene rings is 10. The molecule has 64 heavy (non-hydrogen) atoms. The lowest BCUT2D eigenvalue weighted by Crippen LogP contribution is -2.01. The molecule has 13 aromatic rings. The smallest absolute Gasteiger partial charge is 0.167 e. The summed E-state index contributed by atoms with van der Waals surface area (Å²) in [7, 11) is 0. The van der Waals surface area contributed by atoms with Crippen LogP contribution in [0.3, 0.4) is 0 Å². The van der Waals surface area contributed by atoms with E-state index >= 15 is 0 Å². The number of fused-ring (bicyclic) bond motifs is 8. The monoisotopic (exact) mass is 826 g/mol. The van der Waals surface area contributed by atoms with E-state index in [1.165, 1.54) is 0 Å². The lowest BCUT2D eigenvalue weighted by molar-refractivity contribution is 0.669. The third-order valence-corrected chi connectivity index (χ3v) is 11.9. The van der Waals surface area contributed by atoms with Gasteiger partial charge in [-0.2, -0.15) is 0 Å². The van der Waals surface area contributed by atoms with Gasteiger partial charge in [0.2, 0.25) is 0 Å². The molecule has 10 aromatic carbocycles. The van der Waals surface area contributed by atoms with Crippen molar-refractivity contribution in [1.29, 1.82) is 0 Å². The standard InChI is InChI=1S/C59H35N3O2/c1-3-16-36(17-4-1)41-25-13-28-49-54-46(26-15-31-53(54)64-55(41)49)44-32-33-48(43-23-10-9-22-42(43)44)58-60-57(39-34-38-20-7-8-21-40(38)51(35-39)37-18-5-2-6-19-37)61-59(62-58)50-29-14-27-47-45-24-11-12-30-52(45)63-56(47)50/h1-35H/i11D,12D,13D,14D,24D,26D,27D,29D,30D. The van der Waals surface area contributed by atoms with Gasteiger partial charge in [-0.3, -0.25) is 0 Å². The first-order chi connectivity index (χ1) is 35.4. The number of nitrogens with zero attached hydrogens (tertiary/aromatic N) is 3. The van der Waals surface area contributed by atoms with E-state index in [0.29, 0.717) is 50.1 Å². The van der Waals surface area contributed by atoms with Crippen molar-refractivity contribution in [2.24, 2.45) is 0 Å². The molecule has 0 saturated heterocycles. The molecule has 298 valence electrons. The van der Waals surface area contributed by atoms with Crippen LogP contribution in [-0.2, 0) is 0 Å². The molecular formula is C59H35N3O2. The van der Waals surface area contributed by atoms with E-state index < -0.39 is 42.3 Å². The molecule has 5 heteroatoms. The number of hydrogen-bond donors (Lipinski definition) is 0. The highest BCUT2D eigenvalue weighted by atomic mass is 16.3. The summed E-state index contributed by atoms with van der Waals surface area (Å²) in [5.41, 5.74) is 6.82. The minimum absolute atomic E-state index is 0.0612.